The van der Waals surface area contributed by atoms with Gasteiger partial charge in [-0.1, -0.05) is 146 Å². The molecule has 0 unspecified atom stereocenters. The maximum atomic E-state index is 6.57. The van der Waals surface area contributed by atoms with E-state index in [0.717, 1.165) is 79.6 Å². The van der Waals surface area contributed by atoms with Crippen molar-refractivity contribution < 1.29 is 4.42 Å². The minimum Gasteiger partial charge on any atom is -0.455 e. The van der Waals surface area contributed by atoms with E-state index in [1.165, 1.54) is 0 Å². The number of aromatic nitrogens is 6. The largest absolute Gasteiger partial charge is 0.455 e. The highest BCUT2D eigenvalue weighted by atomic mass is 79.9. The van der Waals surface area contributed by atoms with Gasteiger partial charge in [-0.15, -0.1) is 26.6 Å². The molecule has 8 aromatic rings. The van der Waals surface area contributed by atoms with E-state index in [0.29, 0.717) is 29.2 Å². The molecule has 0 fully saturated rings. The van der Waals surface area contributed by atoms with Crippen LogP contribution in [0, 0.1) is 0 Å². The van der Waals surface area contributed by atoms with Crippen molar-refractivity contribution >= 4 is 50.1 Å². The van der Waals surface area contributed by atoms with Crippen molar-refractivity contribution in [2.45, 2.75) is 44.1 Å². The first kappa shape index (κ1) is 35.0. The van der Waals surface area contributed by atoms with E-state index in [1.807, 2.05) is 84.9 Å². The second kappa shape index (κ2) is 15.1. The Kier molecular flexibility index (Phi) is 10.0. The molecule has 7 nitrogen and oxygen atoms in total. The lowest BCUT2D eigenvalue weighted by molar-refractivity contribution is 0.396. The van der Waals surface area contributed by atoms with Crippen LogP contribution in [0.5, 0.6) is 0 Å². The van der Waals surface area contributed by atoms with Gasteiger partial charge in [0.05, 0.1) is 16.0 Å². The van der Waals surface area contributed by atoms with Crippen LogP contribution < -0.4 is 0 Å². The fourth-order valence-electron chi connectivity index (χ4n) is 7.14. The predicted molar refractivity (Wildman–Crippen MR) is 215 cm³/mol. The third-order valence-corrected chi connectivity index (χ3v) is 11.1. The smallest absolute Gasteiger partial charge is 0.205 e. The van der Waals surface area contributed by atoms with Gasteiger partial charge in [0.15, 0.2) is 10.7 Å². The van der Waals surface area contributed by atoms with Gasteiger partial charge in [0.1, 0.15) is 17.2 Å². The summed E-state index contributed by atoms with van der Waals surface area (Å²) in [6.07, 6.45) is 2.94. The number of nitrogens with zero attached hydrogens (tertiary/aromatic N) is 6. The number of tetrazole rings is 1. The van der Waals surface area contributed by atoms with Crippen LogP contribution in [-0.2, 0) is 24.4 Å². The summed E-state index contributed by atoms with van der Waals surface area (Å²) >= 11 is 16.8. The van der Waals surface area contributed by atoms with Crippen molar-refractivity contribution in [3.8, 4) is 22.7 Å². The zero-order valence-corrected chi connectivity index (χ0v) is 32.1. The van der Waals surface area contributed by atoms with Gasteiger partial charge >= 0.3 is 0 Å². The molecule has 0 amide bonds. The summed E-state index contributed by atoms with van der Waals surface area (Å²) in [6.45, 7) is 2.77. The summed E-state index contributed by atoms with van der Waals surface area (Å²) in [7, 11) is 0. The van der Waals surface area contributed by atoms with Gasteiger partial charge in [-0.3, -0.25) is 0 Å². The highest BCUT2D eigenvalue weighted by molar-refractivity contribution is 9.10. The standard InChI is InChI=1S/C43H35BrCl2N6O/c1-2-3-23-38-47-41(46)36(27-45)51(38)28-29-24-25-37-35(26-29)39(44)40(53-37)33-21-13-14-22-34(33)42-48-50-52(49-42)43(30-15-7-4-8-16-30,31-17-9-5-10-18-31)32-19-11-6-12-20-32/h4-22,24-26H,2-3,23,27-28H2,1H3. The Morgan fingerprint density at radius 3 is 1.98 bits per heavy atom. The van der Waals surface area contributed by atoms with Crippen LogP contribution in [-0.4, -0.2) is 29.8 Å². The average molecular weight is 803 g/mol. The molecule has 0 bridgehead atoms. The number of imidazole rings is 1. The lowest BCUT2D eigenvalue weighted by Crippen LogP contribution is -2.39. The molecule has 0 aliphatic rings. The molecular formula is C43H35BrCl2N6O. The van der Waals surface area contributed by atoms with Crippen molar-refractivity contribution in [1.82, 2.24) is 29.8 Å². The van der Waals surface area contributed by atoms with E-state index in [4.69, 9.17) is 43.0 Å². The minimum atomic E-state index is -0.889. The maximum Gasteiger partial charge on any atom is 0.205 e. The Bertz CT molecular complexity index is 2400. The van der Waals surface area contributed by atoms with Crippen LogP contribution in [0.2, 0.25) is 5.15 Å². The topological polar surface area (TPSA) is 74.6 Å². The van der Waals surface area contributed by atoms with Gasteiger partial charge in [0.2, 0.25) is 5.82 Å². The average Bonchev–Trinajstić information content (AvgIpc) is 3.91. The minimum absolute atomic E-state index is 0.290. The van der Waals surface area contributed by atoms with E-state index in [9.17, 15) is 0 Å². The quantitative estimate of drug-likeness (QED) is 0.0908. The summed E-state index contributed by atoms with van der Waals surface area (Å²) < 4.78 is 9.56. The molecule has 0 N–H and O–H groups in total. The molecule has 5 aromatic carbocycles. The van der Waals surface area contributed by atoms with E-state index < -0.39 is 5.54 Å². The first-order chi connectivity index (χ1) is 26.0. The molecule has 0 radical (unpaired) electrons. The van der Waals surface area contributed by atoms with Gasteiger partial charge in [-0.25, -0.2) is 4.98 Å². The highest BCUT2D eigenvalue weighted by Gasteiger charge is 2.41. The van der Waals surface area contributed by atoms with E-state index in [2.05, 4.69) is 80.9 Å². The van der Waals surface area contributed by atoms with Crippen LogP contribution in [0.4, 0.5) is 0 Å². The Morgan fingerprint density at radius 1 is 0.774 bits per heavy atom. The first-order valence-corrected chi connectivity index (χ1v) is 19.3. The summed E-state index contributed by atoms with van der Waals surface area (Å²) in [4.78, 5) is 6.38. The summed E-state index contributed by atoms with van der Waals surface area (Å²) in [6, 6.07) is 45.2. The molecule has 53 heavy (non-hydrogen) atoms. The molecule has 0 aliphatic heterocycles. The number of fused-ring (bicyclic) bond motifs is 1. The number of hydrogen-bond donors (Lipinski definition) is 0. The second-order valence-corrected chi connectivity index (χ2v) is 14.3. The fourth-order valence-corrected chi connectivity index (χ4v) is 8.35. The van der Waals surface area contributed by atoms with Crippen molar-refractivity contribution in [2.75, 3.05) is 0 Å². The molecule has 3 aromatic heterocycles. The van der Waals surface area contributed by atoms with Crippen LogP contribution in [0.1, 0.15) is 53.5 Å². The van der Waals surface area contributed by atoms with Gasteiger partial charge in [-0.2, -0.15) is 0 Å². The number of rotatable bonds is 12. The molecule has 264 valence electrons. The third-order valence-electron chi connectivity index (χ3n) is 9.72. The molecule has 0 saturated carbocycles. The number of halogens is 3. The first-order valence-electron chi connectivity index (χ1n) is 17.6. The SMILES string of the molecule is CCCCc1nc(Cl)c(CCl)n1Cc1ccc2oc(-c3ccccc3-c3nnn(C(c4ccccc4)(c4ccccc4)c4ccccc4)n3)c(Br)c2c1. The third kappa shape index (κ3) is 6.39. The normalized spacial score (nSPS) is 11.8. The van der Waals surface area contributed by atoms with E-state index in [1.54, 1.807) is 4.80 Å². The zero-order valence-electron chi connectivity index (χ0n) is 29.0. The van der Waals surface area contributed by atoms with E-state index in [-0.39, 0.29) is 0 Å². The van der Waals surface area contributed by atoms with Crippen molar-refractivity contribution in [1.29, 1.82) is 0 Å². The Balaban J connectivity index is 1.22. The molecular weight excluding hydrogens is 767 g/mol. The van der Waals surface area contributed by atoms with Gasteiger partial charge < -0.3 is 8.98 Å². The lowest BCUT2D eigenvalue weighted by Gasteiger charge is -2.34. The fraction of sp³-hybridized carbons (Fsp3) is 0.163. The number of benzene rings is 5. The molecule has 10 heteroatoms. The number of furan rings is 1. The Hall–Kier alpha value is -5.02. The predicted octanol–water partition coefficient (Wildman–Crippen LogP) is 11.3. The van der Waals surface area contributed by atoms with Gasteiger partial charge in [0, 0.05) is 29.5 Å². The van der Waals surface area contributed by atoms with E-state index >= 15 is 0 Å². The number of unbranched alkanes of at least 4 members (excludes halogenated alkanes) is 1. The van der Waals surface area contributed by atoms with Crippen molar-refractivity contribution in [3.63, 3.8) is 0 Å². The highest BCUT2D eigenvalue weighted by Crippen LogP contribution is 2.43. The maximum absolute atomic E-state index is 6.57. The van der Waals surface area contributed by atoms with Gasteiger partial charge in [0.25, 0.3) is 0 Å². The summed E-state index contributed by atoms with van der Waals surface area (Å²) in [5, 5.41) is 16.1. The van der Waals surface area contributed by atoms with Crippen molar-refractivity contribution in [2.24, 2.45) is 0 Å². The Morgan fingerprint density at radius 2 is 1.38 bits per heavy atom. The number of aryl methyl sites for hydroxylation is 1. The summed E-state index contributed by atoms with van der Waals surface area (Å²) in [5.74, 6) is 2.40. The number of alkyl halides is 1. The lowest BCUT2D eigenvalue weighted by atomic mass is 9.77. The molecule has 0 saturated heterocycles. The number of hydrogen-bond acceptors (Lipinski definition) is 5. The molecule has 0 spiro atoms. The van der Waals surface area contributed by atoms with Crippen LogP contribution in [0.25, 0.3) is 33.7 Å². The monoisotopic (exact) mass is 800 g/mol. The summed E-state index contributed by atoms with van der Waals surface area (Å²) in [5.41, 5.74) is 6.45. The van der Waals surface area contributed by atoms with Crippen LogP contribution >= 0.6 is 39.1 Å². The zero-order chi connectivity index (χ0) is 36.4. The molecule has 8 rings (SSSR count). The second-order valence-electron chi connectivity index (χ2n) is 12.9. The van der Waals surface area contributed by atoms with Crippen LogP contribution in [0.15, 0.2) is 142 Å². The van der Waals surface area contributed by atoms with Crippen molar-refractivity contribution in [3.05, 3.63) is 177 Å². The molecule has 0 atom stereocenters. The molecule has 3 heterocycles. The van der Waals surface area contributed by atoms with Gasteiger partial charge in [-0.05, 0) is 62.0 Å². The molecule has 0 aliphatic carbocycles. The Labute approximate surface area is 326 Å². The van der Waals surface area contributed by atoms with Crippen LogP contribution in [0.3, 0.4) is 0 Å².